The van der Waals surface area contributed by atoms with Crippen LogP contribution in [0.2, 0.25) is 0 Å². The average molecular weight is 451 g/mol. The quantitative estimate of drug-likeness (QED) is 0.258. The number of nitrogens with one attached hydrogen (secondary N) is 2. The first-order chi connectivity index (χ1) is 15.8. The van der Waals surface area contributed by atoms with Crippen molar-refractivity contribution in [3.63, 3.8) is 0 Å². The minimum atomic E-state index is -0.681. The van der Waals surface area contributed by atoms with Crippen molar-refractivity contribution in [2.24, 2.45) is 0 Å². The Labute approximate surface area is 186 Å². The van der Waals surface area contributed by atoms with Gasteiger partial charge in [0.15, 0.2) is 0 Å². The molecule has 0 atom stereocenters. The van der Waals surface area contributed by atoms with Gasteiger partial charge in [-0.2, -0.15) is 0 Å². The normalized spacial score (nSPS) is 14.7. The molecule has 168 valence electrons. The van der Waals surface area contributed by atoms with Gasteiger partial charge in [0.2, 0.25) is 0 Å². The number of nitrogens with zero attached hydrogens (tertiary/aromatic N) is 3. The molecule has 0 spiro atoms. The summed E-state index contributed by atoms with van der Waals surface area (Å²) >= 11 is 0. The highest BCUT2D eigenvalue weighted by molar-refractivity contribution is 6.13. The summed E-state index contributed by atoms with van der Waals surface area (Å²) in [6, 6.07) is 10.3. The molecule has 2 heterocycles. The lowest BCUT2D eigenvalue weighted by molar-refractivity contribution is -0.384. The van der Waals surface area contributed by atoms with Gasteiger partial charge in [-0.05, 0) is 42.3 Å². The molecule has 1 saturated heterocycles. The van der Waals surface area contributed by atoms with Crippen LogP contribution in [0, 0.1) is 15.9 Å². The average Bonchev–Trinajstić information content (AvgIpc) is 3.25. The highest BCUT2D eigenvalue weighted by atomic mass is 19.1. The first kappa shape index (κ1) is 21.7. The van der Waals surface area contributed by atoms with Crippen molar-refractivity contribution in [2.45, 2.75) is 19.9 Å². The molecular formula is C22H18FN5O5. The first-order valence-electron chi connectivity index (χ1n) is 9.96. The monoisotopic (exact) mass is 451 g/mol. The van der Waals surface area contributed by atoms with Gasteiger partial charge in [-0.25, -0.2) is 13.9 Å². The second-order valence-corrected chi connectivity index (χ2v) is 7.28. The fourth-order valence-electron chi connectivity index (χ4n) is 3.50. The van der Waals surface area contributed by atoms with E-state index in [0.717, 1.165) is 4.90 Å². The topological polar surface area (TPSA) is 130 Å². The Morgan fingerprint density at radius 3 is 2.48 bits per heavy atom. The Bertz CT molecular complexity index is 1360. The molecule has 0 bridgehead atoms. The van der Waals surface area contributed by atoms with Gasteiger partial charge in [-0.15, -0.1) is 0 Å². The number of aromatic amines is 1. The van der Waals surface area contributed by atoms with Gasteiger partial charge in [0.25, 0.3) is 17.2 Å². The molecule has 3 amide bonds. The fourth-order valence-corrected chi connectivity index (χ4v) is 3.50. The summed E-state index contributed by atoms with van der Waals surface area (Å²) in [6.45, 7) is 1.68. The molecule has 0 unspecified atom stereocenters. The van der Waals surface area contributed by atoms with Crippen LogP contribution in [0.15, 0.2) is 59.0 Å². The Morgan fingerprint density at radius 2 is 1.85 bits per heavy atom. The third-order valence-corrected chi connectivity index (χ3v) is 5.16. The number of carbonyl (C=O) groups excluding carboxylic acids is 2. The van der Waals surface area contributed by atoms with Crippen LogP contribution in [0.3, 0.4) is 0 Å². The second-order valence-electron chi connectivity index (χ2n) is 7.28. The van der Waals surface area contributed by atoms with Gasteiger partial charge in [-0.3, -0.25) is 29.7 Å². The molecule has 0 radical (unpaired) electrons. The minimum absolute atomic E-state index is 0.0851. The van der Waals surface area contributed by atoms with E-state index in [1.807, 2.05) is 0 Å². The van der Waals surface area contributed by atoms with E-state index in [9.17, 15) is 28.9 Å². The zero-order chi connectivity index (χ0) is 23.7. The highest BCUT2D eigenvalue weighted by Crippen LogP contribution is 2.19. The third-order valence-electron chi connectivity index (χ3n) is 5.16. The van der Waals surface area contributed by atoms with Crippen LogP contribution in [-0.2, 0) is 17.8 Å². The summed E-state index contributed by atoms with van der Waals surface area (Å²) in [5, 5.41) is 16.2. The van der Waals surface area contributed by atoms with Crippen LogP contribution in [-0.4, -0.2) is 31.5 Å². The number of aromatic nitrogens is 2. The molecule has 0 aliphatic carbocycles. The molecule has 1 aliphatic rings. The Hall–Kier alpha value is -4.54. The molecule has 2 aromatic carbocycles. The third kappa shape index (κ3) is 4.15. The predicted octanol–water partition coefficient (Wildman–Crippen LogP) is 2.87. The molecule has 1 aliphatic heterocycles. The van der Waals surface area contributed by atoms with Crippen LogP contribution < -0.4 is 10.9 Å². The van der Waals surface area contributed by atoms with E-state index in [1.165, 1.54) is 53.2 Å². The van der Waals surface area contributed by atoms with Crippen molar-refractivity contribution in [2.75, 3.05) is 0 Å². The summed E-state index contributed by atoms with van der Waals surface area (Å²) in [6.07, 6.45) is 1.72. The zero-order valence-corrected chi connectivity index (χ0v) is 17.4. The van der Waals surface area contributed by atoms with E-state index in [1.54, 1.807) is 13.0 Å². The number of hydrogen-bond donors (Lipinski definition) is 2. The van der Waals surface area contributed by atoms with Crippen molar-refractivity contribution in [3.05, 3.63) is 97.3 Å². The summed E-state index contributed by atoms with van der Waals surface area (Å²) in [7, 11) is 0. The number of nitro groups is 1. The fraction of sp³-hybridized carbons (Fsp3) is 0.136. The maximum Gasteiger partial charge on any atom is 0.329 e. The van der Waals surface area contributed by atoms with E-state index in [4.69, 9.17) is 0 Å². The smallest absolute Gasteiger partial charge is 0.303 e. The molecule has 4 rings (SSSR count). The summed E-state index contributed by atoms with van der Waals surface area (Å²) in [5.74, 6) is -1.13. The number of imide groups is 1. The number of aryl methyl sites for hydroxylation is 1. The van der Waals surface area contributed by atoms with E-state index in [0.29, 0.717) is 23.4 Å². The molecule has 33 heavy (non-hydrogen) atoms. The van der Waals surface area contributed by atoms with Crippen LogP contribution >= 0.6 is 0 Å². The summed E-state index contributed by atoms with van der Waals surface area (Å²) in [5.41, 5.74) is 0.810. The first-order valence-corrected chi connectivity index (χ1v) is 9.96. The lowest BCUT2D eigenvalue weighted by Gasteiger charge is -2.11. The Kier molecular flexibility index (Phi) is 5.61. The minimum Gasteiger partial charge on any atom is -0.303 e. The van der Waals surface area contributed by atoms with Gasteiger partial charge in [0.05, 0.1) is 22.7 Å². The standard InChI is InChI=1S/C22H18FN5O5/c1-2-18-17(20(29)27(25-18)15-6-8-16(9-7-15)28(32)33)11-19-21(30)26(22(31)24-19)12-13-4-3-5-14(23)10-13/h3-11,25H,2,12H2,1H3,(H,24,31)/b19-11-. The van der Waals surface area contributed by atoms with Crippen molar-refractivity contribution >= 4 is 23.7 Å². The van der Waals surface area contributed by atoms with Crippen molar-refractivity contribution in [3.8, 4) is 5.69 Å². The SMILES string of the molecule is CCc1[nH]n(-c2ccc([N+](=O)[O-])cc2)c(=O)c1/C=C1\NC(=O)N(Cc2cccc(F)c2)C1=O. The van der Waals surface area contributed by atoms with E-state index in [2.05, 4.69) is 10.4 Å². The van der Waals surface area contributed by atoms with Crippen molar-refractivity contribution < 1.29 is 18.9 Å². The van der Waals surface area contributed by atoms with Crippen LogP contribution in [0.1, 0.15) is 23.7 Å². The summed E-state index contributed by atoms with van der Waals surface area (Å²) < 4.78 is 14.7. The largest absolute Gasteiger partial charge is 0.329 e. The number of carbonyl (C=O) groups is 2. The van der Waals surface area contributed by atoms with Crippen molar-refractivity contribution in [1.29, 1.82) is 0 Å². The van der Waals surface area contributed by atoms with Crippen LogP contribution in [0.25, 0.3) is 11.8 Å². The van der Waals surface area contributed by atoms with E-state index in [-0.39, 0.29) is 23.5 Å². The Morgan fingerprint density at radius 1 is 1.12 bits per heavy atom. The molecule has 1 fully saturated rings. The second kappa shape index (κ2) is 8.54. The number of hydrogen-bond acceptors (Lipinski definition) is 5. The molecule has 10 nitrogen and oxygen atoms in total. The zero-order valence-electron chi connectivity index (χ0n) is 17.4. The maximum absolute atomic E-state index is 13.4. The molecule has 1 aromatic heterocycles. The lowest BCUT2D eigenvalue weighted by atomic mass is 10.1. The molecule has 2 N–H and O–H groups in total. The molecule has 3 aromatic rings. The Balaban J connectivity index is 1.66. The van der Waals surface area contributed by atoms with Gasteiger partial charge >= 0.3 is 6.03 Å². The molecule has 0 saturated carbocycles. The maximum atomic E-state index is 13.4. The number of benzene rings is 2. The highest BCUT2D eigenvalue weighted by Gasteiger charge is 2.34. The number of amides is 3. The van der Waals surface area contributed by atoms with E-state index >= 15 is 0 Å². The number of rotatable bonds is 6. The van der Waals surface area contributed by atoms with Crippen LogP contribution in [0.4, 0.5) is 14.9 Å². The number of nitro benzene ring substituents is 1. The van der Waals surface area contributed by atoms with Crippen molar-refractivity contribution in [1.82, 2.24) is 20.0 Å². The van der Waals surface area contributed by atoms with Crippen LogP contribution in [0.5, 0.6) is 0 Å². The van der Waals surface area contributed by atoms with Gasteiger partial charge in [-0.1, -0.05) is 19.1 Å². The van der Waals surface area contributed by atoms with Gasteiger partial charge < -0.3 is 5.32 Å². The van der Waals surface area contributed by atoms with Gasteiger partial charge in [0.1, 0.15) is 11.5 Å². The molecule has 11 heteroatoms. The summed E-state index contributed by atoms with van der Waals surface area (Å²) in [4.78, 5) is 49.4. The lowest BCUT2D eigenvalue weighted by Crippen LogP contribution is -2.30. The predicted molar refractivity (Wildman–Crippen MR) is 116 cm³/mol. The molecular weight excluding hydrogens is 433 g/mol. The van der Waals surface area contributed by atoms with Gasteiger partial charge in [0, 0.05) is 17.8 Å². The number of halogens is 1. The number of urea groups is 1. The number of H-pyrrole nitrogens is 1. The number of non-ortho nitro benzene ring substituents is 1. The van der Waals surface area contributed by atoms with E-state index < -0.39 is 28.2 Å².